The second-order valence-corrected chi connectivity index (χ2v) is 6.31. The fourth-order valence-corrected chi connectivity index (χ4v) is 3.26. The Labute approximate surface area is 161 Å². The fraction of sp³-hybridized carbons (Fsp3) is 0.0952. The van der Waals surface area contributed by atoms with Crippen molar-refractivity contribution in [1.29, 1.82) is 0 Å². The van der Waals surface area contributed by atoms with E-state index in [0.717, 1.165) is 22.5 Å². The molecule has 1 amide bonds. The molecule has 0 aliphatic carbocycles. The summed E-state index contributed by atoms with van der Waals surface area (Å²) in [6.45, 7) is -0.0166. The number of carbonyl (C=O) groups is 1. The van der Waals surface area contributed by atoms with Gasteiger partial charge in [-0.25, -0.2) is 4.98 Å². The molecule has 0 bridgehead atoms. The number of carbonyl (C=O) groups excluding carboxylic acids is 1. The summed E-state index contributed by atoms with van der Waals surface area (Å²) in [4.78, 5) is 16.9. The van der Waals surface area contributed by atoms with E-state index >= 15 is 0 Å². The lowest BCUT2D eigenvalue weighted by molar-refractivity contribution is 0.100. The Bertz CT molecular complexity index is 1100. The van der Waals surface area contributed by atoms with Crippen molar-refractivity contribution in [3.63, 3.8) is 0 Å². The van der Waals surface area contributed by atoms with Gasteiger partial charge in [0.25, 0.3) is 0 Å². The molecule has 7 nitrogen and oxygen atoms in total. The number of nitrogens with two attached hydrogens (primary N) is 1. The molecule has 0 radical (unpaired) electrons. The Morgan fingerprint density at radius 3 is 2.64 bits per heavy atom. The number of rotatable bonds is 6. The van der Waals surface area contributed by atoms with Gasteiger partial charge in [-0.3, -0.25) is 14.5 Å². The number of aromatic nitrogens is 4. The molecule has 0 saturated heterocycles. The van der Waals surface area contributed by atoms with Gasteiger partial charge in [-0.2, -0.15) is 5.10 Å². The Hall–Kier alpha value is -3.71. The molecule has 2 aromatic heterocycles. The number of nitrogens with one attached hydrogen (secondary N) is 1. The number of hydrogen-bond donors (Lipinski definition) is 3. The van der Waals surface area contributed by atoms with Crippen molar-refractivity contribution in [3.05, 3.63) is 78.4 Å². The number of hydrogen-bond acceptors (Lipinski definition) is 4. The van der Waals surface area contributed by atoms with Gasteiger partial charge < -0.3 is 10.8 Å². The average molecular weight is 373 g/mol. The Balaban J connectivity index is 2.02. The highest BCUT2D eigenvalue weighted by Gasteiger charge is 2.22. The van der Waals surface area contributed by atoms with E-state index in [1.54, 1.807) is 24.5 Å². The Morgan fingerprint density at radius 1 is 1.14 bits per heavy atom. The number of imidazole rings is 1. The number of para-hydroxylation sites is 1. The maximum absolute atomic E-state index is 12.2. The van der Waals surface area contributed by atoms with Gasteiger partial charge in [-0.15, -0.1) is 0 Å². The summed E-state index contributed by atoms with van der Waals surface area (Å²) in [5.74, 6) is 0.0481. The maximum atomic E-state index is 12.2. The molecule has 140 valence electrons. The molecule has 0 atom stereocenters. The first-order valence-corrected chi connectivity index (χ1v) is 8.86. The first-order valence-electron chi connectivity index (χ1n) is 8.86. The smallest absolute Gasteiger partial charge is 0.249 e. The lowest BCUT2D eigenvalue weighted by atomic mass is 9.96. The quantitative estimate of drug-likeness (QED) is 0.482. The molecule has 0 unspecified atom stereocenters. The fourth-order valence-electron chi connectivity index (χ4n) is 3.26. The van der Waals surface area contributed by atoms with Crippen LogP contribution in [0.5, 0.6) is 0 Å². The summed E-state index contributed by atoms with van der Waals surface area (Å²) in [6, 6.07) is 15.1. The number of aromatic amines is 1. The molecule has 0 saturated carbocycles. The van der Waals surface area contributed by atoms with Gasteiger partial charge >= 0.3 is 0 Å². The molecule has 7 heteroatoms. The normalized spacial score (nSPS) is 10.9. The molecule has 2 aromatic carbocycles. The van der Waals surface area contributed by atoms with Gasteiger partial charge in [-0.05, 0) is 23.8 Å². The van der Waals surface area contributed by atoms with Gasteiger partial charge in [0.1, 0.15) is 5.82 Å². The van der Waals surface area contributed by atoms with E-state index in [2.05, 4.69) is 10.2 Å². The third-order valence-electron chi connectivity index (χ3n) is 4.52. The zero-order chi connectivity index (χ0) is 19.5. The summed E-state index contributed by atoms with van der Waals surface area (Å²) in [5.41, 5.74) is 9.92. The molecule has 4 aromatic rings. The molecule has 4 N–H and O–H groups in total. The number of H-pyrrole nitrogens is 1. The predicted octanol–water partition coefficient (Wildman–Crippen LogP) is 2.56. The summed E-state index contributed by atoms with van der Waals surface area (Å²) in [6.07, 6.45) is 5.73. The largest absolute Gasteiger partial charge is 0.396 e. The third kappa shape index (κ3) is 3.19. The van der Waals surface area contributed by atoms with Crippen LogP contribution in [0.15, 0.2) is 67.1 Å². The second-order valence-electron chi connectivity index (χ2n) is 6.31. The van der Waals surface area contributed by atoms with Crippen molar-refractivity contribution >= 4 is 5.91 Å². The van der Waals surface area contributed by atoms with Crippen LogP contribution < -0.4 is 5.73 Å². The highest BCUT2D eigenvalue weighted by molar-refractivity contribution is 6.03. The van der Waals surface area contributed by atoms with Crippen LogP contribution in [-0.2, 0) is 6.42 Å². The van der Waals surface area contributed by atoms with Crippen molar-refractivity contribution in [2.75, 3.05) is 6.61 Å². The van der Waals surface area contributed by atoms with Gasteiger partial charge in [0, 0.05) is 42.2 Å². The molecule has 28 heavy (non-hydrogen) atoms. The highest BCUT2D eigenvalue weighted by Crippen LogP contribution is 2.35. The van der Waals surface area contributed by atoms with Gasteiger partial charge in [0.2, 0.25) is 5.91 Å². The predicted molar refractivity (Wildman–Crippen MR) is 106 cm³/mol. The SMILES string of the molecule is NC(=O)c1cccc(-c2cn[nH]c2)c1-c1nc(CCO)cn1-c1ccccc1. The van der Waals surface area contributed by atoms with E-state index in [1.165, 1.54) is 0 Å². The first kappa shape index (κ1) is 17.7. The molecular formula is C21H19N5O2. The second kappa shape index (κ2) is 7.50. The number of primary amides is 1. The van der Waals surface area contributed by atoms with Crippen molar-refractivity contribution in [2.24, 2.45) is 5.73 Å². The van der Waals surface area contributed by atoms with Gasteiger partial charge in [0.15, 0.2) is 0 Å². The molecule has 2 heterocycles. The van der Waals surface area contributed by atoms with E-state index < -0.39 is 5.91 Å². The van der Waals surface area contributed by atoms with Crippen molar-refractivity contribution in [2.45, 2.75) is 6.42 Å². The first-order chi connectivity index (χ1) is 13.7. The molecule has 0 aliphatic heterocycles. The molecule has 0 spiro atoms. The number of benzene rings is 2. The van der Waals surface area contributed by atoms with Crippen LogP contribution in [0.25, 0.3) is 28.2 Å². The van der Waals surface area contributed by atoms with E-state index in [-0.39, 0.29) is 6.61 Å². The molecular weight excluding hydrogens is 354 g/mol. The number of aliphatic hydroxyl groups excluding tert-OH is 1. The monoisotopic (exact) mass is 373 g/mol. The van der Waals surface area contributed by atoms with Crippen LogP contribution in [0.1, 0.15) is 16.1 Å². The maximum Gasteiger partial charge on any atom is 0.249 e. The van der Waals surface area contributed by atoms with Crippen LogP contribution in [0.2, 0.25) is 0 Å². The number of nitrogens with zero attached hydrogens (tertiary/aromatic N) is 3. The zero-order valence-electron chi connectivity index (χ0n) is 15.0. The third-order valence-corrected chi connectivity index (χ3v) is 4.52. The number of amides is 1. The summed E-state index contributed by atoms with van der Waals surface area (Å²) in [7, 11) is 0. The number of aliphatic hydroxyl groups is 1. The van der Waals surface area contributed by atoms with E-state index in [9.17, 15) is 9.90 Å². The summed E-state index contributed by atoms with van der Waals surface area (Å²) in [5, 5.41) is 16.2. The Morgan fingerprint density at radius 2 is 1.96 bits per heavy atom. The van der Waals surface area contributed by atoms with Crippen LogP contribution in [0.4, 0.5) is 0 Å². The van der Waals surface area contributed by atoms with Crippen LogP contribution in [-0.4, -0.2) is 37.4 Å². The summed E-state index contributed by atoms with van der Waals surface area (Å²) < 4.78 is 1.91. The van der Waals surface area contributed by atoms with Crippen LogP contribution >= 0.6 is 0 Å². The molecule has 0 fully saturated rings. The minimum atomic E-state index is -0.535. The summed E-state index contributed by atoms with van der Waals surface area (Å²) >= 11 is 0. The van der Waals surface area contributed by atoms with E-state index in [4.69, 9.17) is 10.7 Å². The van der Waals surface area contributed by atoms with Gasteiger partial charge in [0.05, 0.1) is 17.5 Å². The van der Waals surface area contributed by atoms with Gasteiger partial charge in [-0.1, -0.05) is 30.3 Å². The minimum absolute atomic E-state index is 0.0166. The standard InChI is InChI=1S/C21H19N5O2/c22-20(28)18-8-4-7-17(14-11-23-24-12-14)19(18)21-25-15(9-10-27)13-26(21)16-5-2-1-3-6-16/h1-8,11-13,27H,9-10H2,(H2,22,28)(H,23,24). The van der Waals surface area contributed by atoms with Crippen molar-refractivity contribution < 1.29 is 9.90 Å². The van der Waals surface area contributed by atoms with Crippen LogP contribution in [0.3, 0.4) is 0 Å². The molecule has 0 aliphatic rings. The van der Waals surface area contributed by atoms with E-state index in [0.29, 0.717) is 23.4 Å². The van der Waals surface area contributed by atoms with Crippen molar-refractivity contribution in [3.8, 4) is 28.2 Å². The lowest BCUT2D eigenvalue weighted by Crippen LogP contribution is -2.14. The minimum Gasteiger partial charge on any atom is -0.396 e. The van der Waals surface area contributed by atoms with Crippen LogP contribution in [0, 0.1) is 0 Å². The average Bonchev–Trinajstić information content (AvgIpc) is 3.38. The topological polar surface area (TPSA) is 110 Å². The Kier molecular flexibility index (Phi) is 4.74. The molecule has 4 rings (SSSR count). The lowest BCUT2D eigenvalue weighted by Gasteiger charge is -2.14. The van der Waals surface area contributed by atoms with Crippen molar-refractivity contribution in [1.82, 2.24) is 19.7 Å². The van der Waals surface area contributed by atoms with E-state index in [1.807, 2.05) is 47.2 Å². The zero-order valence-corrected chi connectivity index (χ0v) is 15.0. The highest BCUT2D eigenvalue weighted by atomic mass is 16.3.